The molecule has 3 heterocycles. The van der Waals surface area contributed by atoms with E-state index in [2.05, 4.69) is 21.8 Å². The van der Waals surface area contributed by atoms with Crippen LogP contribution in [0.4, 0.5) is 14.7 Å². The van der Waals surface area contributed by atoms with Gasteiger partial charge in [0.05, 0.1) is 26.9 Å². The Morgan fingerprint density at radius 2 is 2.05 bits per heavy atom. The molecule has 0 radical (unpaired) electrons. The third kappa shape index (κ3) is 4.99. The Labute approximate surface area is 228 Å². The third-order valence-corrected chi connectivity index (χ3v) is 9.47. The van der Waals surface area contributed by atoms with Gasteiger partial charge in [-0.15, -0.1) is 11.3 Å². The number of aliphatic hydroxyl groups excluding tert-OH is 1. The molecule has 0 bridgehead atoms. The maximum absolute atomic E-state index is 13.1. The van der Waals surface area contributed by atoms with Gasteiger partial charge in [-0.05, 0) is 73.4 Å². The minimum atomic E-state index is -2.62. The monoisotopic (exact) mass is 555 g/mol. The van der Waals surface area contributed by atoms with E-state index in [1.165, 1.54) is 18.2 Å². The van der Waals surface area contributed by atoms with Gasteiger partial charge in [-0.25, -0.2) is 13.8 Å². The lowest BCUT2D eigenvalue weighted by molar-refractivity contribution is -0.125. The first-order valence-corrected chi connectivity index (χ1v) is 14.1. The van der Waals surface area contributed by atoms with Crippen LogP contribution in [0.3, 0.4) is 0 Å². The largest absolute Gasteiger partial charge is 0.393 e. The summed E-state index contributed by atoms with van der Waals surface area (Å²) in [6, 6.07) is 9.13. The van der Waals surface area contributed by atoms with E-state index in [9.17, 15) is 23.5 Å². The van der Waals surface area contributed by atoms with Crippen LogP contribution >= 0.6 is 11.3 Å². The predicted octanol–water partition coefficient (Wildman–Crippen LogP) is 4.64. The Bertz CT molecular complexity index is 1420. The Hall–Kier alpha value is -3.15. The molecule has 1 saturated heterocycles. The first-order valence-electron chi connectivity index (χ1n) is 13.3. The van der Waals surface area contributed by atoms with Gasteiger partial charge in [0.25, 0.3) is 12.3 Å². The maximum atomic E-state index is 13.1. The molecule has 11 heteroatoms. The molecule has 2 saturated carbocycles. The molecule has 3 aliphatic rings. The highest BCUT2D eigenvalue weighted by atomic mass is 32.1. The summed E-state index contributed by atoms with van der Waals surface area (Å²) in [6.45, 7) is 5.66. The van der Waals surface area contributed by atoms with Crippen LogP contribution in [-0.4, -0.2) is 56.6 Å². The molecule has 1 aromatic carbocycles. The molecule has 2 amide bonds. The van der Waals surface area contributed by atoms with E-state index in [-0.39, 0.29) is 33.2 Å². The molecule has 6 rings (SSSR count). The number of anilines is 1. The number of carbonyl (C=O) groups excluding carboxylic acids is 2. The maximum Gasteiger partial charge on any atom is 0.272 e. The summed E-state index contributed by atoms with van der Waals surface area (Å²) >= 11 is 0.778. The average Bonchev–Trinajstić information content (AvgIpc) is 3.61. The molecular formula is C28H31F2N5O3S. The fourth-order valence-corrected chi connectivity index (χ4v) is 6.95. The molecule has 206 valence electrons. The quantitative estimate of drug-likeness (QED) is 0.352. The van der Waals surface area contributed by atoms with Gasteiger partial charge >= 0.3 is 0 Å². The van der Waals surface area contributed by atoms with Crippen LogP contribution in [0, 0.1) is 5.41 Å². The predicted molar refractivity (Wildman–Crippen MR) is 145 cm³/mol. The van der Waals surface area contributed by atoms with Gasteiger partial charge in [-0.3, -0.25) is 14.9 Å². The fourth-order valence-electron chi connectivity index (χ4n) is 6.19. The lowest BCUT2D eigenvalue weighted by Gasteiger charge is -2.46. The molecular weight excluding hydrogens is 524 g/mol. The number of rotatable bonds is 8. The number of likely N-dealkylation sites (tertiary alicyclic amines) is 1. The van der Waals surface area contributed by atoms with Crippen molar-refractivity contribution in [1.82, 2.24) is 19.8 Å². The Balaban J connectivity index is 1.25. The van der Waals surface area contributed by atoms with Gasteiger partial charge in [-0.2, -0.15) is 0 Å². The van der Waals surface area contributed by atoms with Crippen molar-refractivity contribution in [2.75, 3.05) is 18.4 Å². The number of nitrogens with zero attached hydrogens (tertiary/aromatic N) is 3. The summed E-state index contributed by atoms with van der Waals surface area (Å²) in [4.78, 5) is 31.8. The van der Waals surface area contributed by atoms with Crippen molar-refractivity contribution < 1.29 is 23.5 Å². The second kappa shape index (κ2) is 10.1. The number of nitrogens with one attached hydrogen (secondary N) is 2. The van der Waals surface area contributed by atoms with Crippen molar-refractivity contribution >= 4 is 40.1 Å². The molecule has 8 nitrogen and oxygen atoms in total. The number of alkyl halides is 2. The Morgan fingerprint density at radius 3 is 2.74 bits per heavy atom. The number of benzene rings is 1. The van der Waals surface area contributed by atoms with Crippen molar-refractivity contribution in [2.24, 2.45) is 5.41 Å². The van der Waals surface area contributed by atoms with Crippen LogP contribution in [0.2, 0.25) is 0 Å². The molecule has 2 aliphatic carbocycles. The second-order valence-electron chi connectivity index (χ2n) is 11.1. The standard InChI is InChI=1S/C28H31F2N5O3S/c1-2-24(37)34-8-7-28(15-34)12-18(13-28)35-21-4-3-16(14-31-17-10-19(36)11-17)9-20(21)32-27(35)33-26(38)23-6-5-22(39-23)25(29)30/h2-6,9,17-19,25,31,36H,1,7-8,10-15H2,(H,32,33,38)/t17-,18-,19-,28-. The van der Waals surface area contributed by atoms with Crippen LogP contribution < -0.4 is 10.6 Å². The molecule has 2 aromatic heterocycles. The summed E-state index contributed by atoms with van der Waals surface area (Å²) < 4.78 is 28.2. The number of thiophene rings is 1. The number of halogens is 2. The van der Waals surface area contributed by atoms with Gasteiger partial charge in [0.15, 0.2) is 0 Å². The zero-order valence-corrected chi connectivity index (χ0v) is 22.2. The highest BCUT2D eigenvalue weighted by Crippen LogP contribution is 2.55. The number of carbonyl (C=O) groups is 2. The number of hydrogen-bond donors (Lipinski definition) is 3. The van der Waals surface area contributed by atoms with Crippen LogP contribution in [0.5, 0.6) is 0 Å². The summed E-state index contributed by atoms with van der Waals surface area (Å²) in [7, 11) is 0. The van der Waals surface area contributed by atoms with E-state index in [4.69, 9.17) is 4.98 Å². The Morgan fingerprint density at radius 1 is 1.26 bits per heavy atom. The van der Waals surface area contributed by atoms with Crippen LogP contribution in [0.15, 0.2) is 43.0 Å². The first-order chi connectivity index (χ1) is 18.7. The number of aliphatic hydroxyl groups is 1. The summed E-state index contributed by atoms with van der Waals surface area (Å²) in [5, 5.41) is 15.9. The van der Waals surface area contributed by atoms with Crippen LogP contribution in [0.25, 0.3) is 11.0 Å². The molecule has 0 atom stereocenters. The van der Waals surface area contributed by atoms with Gasteiger partial charge in [0.1, 0.15) is 0 Å². The summed E-state index contributed by atoms with van der Waals surface area (Å²) in [5.41, 5.74) is 2.72. The minimum Gasteiger partial charge on any atom is -0.393 e. The zero-order valence-electron chi connectivity index (χ0n) is 21.4. The van der Waals surface area contributed by atoms with E-state index in [1.54, 1.807) is 0 Å². The number of aromatic nitrogens is 2. The van der Waals surface area contributed by atoms with Gasteiger partial charge < -0.3 is 19.9 Å². The molecule has 3 aromatic rings. The van der Waals surface area contributed by atoms with Crippen molar-refractivity contribution in [3.05, 3.63) is 58.3 Å². The topological polar surface area (TPSA) is 99.5 Å². The third-order valence-electron chi connectivity index (χ3n) is 8.38. The lowest BCUT2D eigenvalue weighted by Crippen LogP contribution is -2.43. The molecule has 1 spiro atoms. The summed E-state index contributed by atoms with van der Waals surface area (Å²) in [5.74, 6) is -0.120. The molecule has 3 N–H and O–H groups in total. The summed E-state index contributed by atoms with van der Waals surface area (Å²) in [6.07, 6.45) is 2.64. The lowest BCUT2D eigenvalue weighted by atomic mass is 9.64. The van der Waals surface area contributed by atoms with Gasteiger partial charge in [-0.1, -0.05) is 12.6 Å². The minimum absolute atomic E-state index is 0.0400. The number of fused-ring (bicyclic) bond motifs is 1. The molecule has 39 heavy (non-hydrogen) atoms. The van der Waals surface area contributed by atoms with E-state index < -0.39 is 12.3 Å². The SMILES string of the molecule is C=CC(=O)N1CC[C@]2(C1)C[C@H](n1c(NC(=O)c3ccc(C(F)F)s3)nc3cc(CN[C@H]4C[C@H](O)C4)ccc31)C2. The molecule has 1 aliphatic heterocycles. The van der Waals surface area contributed by atoms with Crippen molar-refractivity contribution in [2.45, 2.75) is 63.3 Å². The second-order valence-corrected chi connectivity index (χ2v) is 12.2. The van der Waals surface area contributed by atoms with Gasteiger partial charge in [0.2, 0.25) is 11.9 Å². The average molecular weight is 556 g/mol. The Kier molecular flexibility index (Phi) is 6.76. The molecule has 0 unspecified atom stereocenters. The smallest absolute Gasteiger partial charge is 0.272 e. The van der Waals surface area contributed by atoms with E-state index in [0.717, 1.165) is 60.0 Å². The zero-order chi connectivity index (χ0) is 27.3. The fraction of sp³-hybridized carbons (Fsp3) is 0.464. The first kappa shape index (κ1) is 26.1. The molecule has 3 fully saturated rings. The van der Waals surface area contributed by atoms with E-state index in [1.807, 2.05) is 23.1 Å². The highest BCUT2D eigenvalue weighted by molar-refractivity contribution is 7.14. The highest BCUT2D eigenvalue weighted by Gasteiger charge is 2.50. The van der Waals surface area contributed by atoms with Crippen LogP contribution in [-0.2, 0) is 11.3 Å². The van der Waals surface area contributed by atoms with E-state index >= 15 is 0 Å². The normalized spacial score (nSPS) is 26.2. The van der Waals surface area contributed by atoms with Gasteiger partial charge in [0, 0.05) is 31.7 Å². The van der Waals surface area contributed by atoms with Crippen molar-refractivity contribution in [1.29, 1.82) is 0 Å². The number of amides is 2. The van der Waals surface area contributed by atoms with E-state index in [0.29, 0.717) is 31.6 Å². The number of hydrogen-bond acceptors (Lipinski definition) is 6. The van der Waals surface area contributed by atoms with Crippen molar-refractivity contribution in [3.8, 4) is 0 Å². The number of imidazole rings is 1. The van der Waals surface area contributed by atoms with Crippen LogP contribution in [0.1, 0.15) is 64.7 Å². The van der Waals surface area contributed by atoms with Crippen molar-refractivity contribution in [3.63, 3.8) is 0 Å².